The molecule has 22 heavy (non-hydrogen) atoms. The van der Waals surface area contributed by atoms with Crippen LogP contribution in [0.4, 0.5) is 5.69 Å². The van der Waals surface area contributed by atoms with Crippen LogP contribution in [-0.2, 0) is 10.0 Å². The van der Waals surface area contributed by atoms with E-state index in [-0.39, 0.29) is 34.9 Å². The normalized spacial score (nSPS) is 21.9. The molecule has 2 N–H and O–H groups in total. The van der Waals surface area contributed by atoms with Crippen molar-refractivity contribution in [3.63, 3.8) is 0 Å². The molecule has 0 aliphatic carbocycles. The minimum Gasteiger partial charge on any atom is -0.315 e. The first-order chi connectivity index (χ1) is 9.81. The molecule has 1 aromatic rings. The fourth-order valence-corrected chi connectivity index (χ4v) is 4.03. The topological polar surface area (TPSA) is 101 Å². The van der Waals surface area contributed by atoms with E-state index in [1.54, 1.807) is 6.92 Å². The van der Waals surface area contributed by atoms with Crippen molar-refractivity contribution in [2.45, 2.75) is 31.2 Å². The minimum atomic E-state index is -3.68. The van der Waals surface area contributed by atoms with Gasteiger partial charge in [0.15, 0.2) is 0 Å². The standard InChI is InChI=1S/C13H19N3O4S.ClH/c1-9-5-6-14-8-12(9)15-21(19,20)13-4-3-11(16(17)18)7-10(13)2;/h3-4,7,9,12,14-15H,5-6,8H2,1-2H3;1H. The van der Waals surface area contributed by atoms with Gasteiger partial charge < -0.3 is 5.32 Å². The summed E-state index contributed by atoms with van der Waals surface area (Å²) in [7, 11) is -3.68. The summed E-state index contributed by atoms with van der Waals surface area (Å²) in [5.41, 5.74) is 0.257. The van der Waals surface area contributed by atoms with Gasteiger partial charge in [-0.2, -0.15) is 0 Å². The molecule has 124 valence electrons. The first-order valence-electron chi connectivity index (χ1n) is 6.79. The number of hydrogen-bond acceptors (Lipinski definition) is 5. The van der Waals surface area contributed by atoms with E-state index in [4.69, 9.17) is 0 Å². The van der Waals surface area contributed by atoms with Crippen LogP contribution in [0.3, 0.4) is 0 Å². The van der Waals surface area contributed by atoms with E-state index in [0.717, 1.165) is 13.0 Å². The average molecular weight is 350 g/mol. The smallest absolute Gasteiger partial charge is 0.269 e. The van der Waals surface area contributed by atoms with Crippen LogP contribution in [0.2, 0.25) is 0 Å². The van der Waals surface area contributed by atoms with Gasteiger partial charge in [0.05, 0.1) is 9.82 Å². The molecule has 0 amide bonds. The highest BCUT2D eigenvalue weighted by Gasteiger charge is 2.28. The van der Waals surface area contributed by atoms with Gasteiger partial charge in [-0.1, -0.05) is 6.92 Å². The van der Waals surface area contributed by atoms with Crippen molar-refractivity contribution >= 4 is 28.1 Å². The summed E-state index contributed by atoms with van der Waals surface area (Å²) in [6, 6.07) is 3.61. The van der Waals surface area contributed by atoms with Crippen molar-refractivity contribution in [3.8, 4) is 0 Å². The van der Waals surface area contributed by atoms with Crippen LogP contribution < -0.4 is 10.0 Å². The van der Waals surface area contributed by atoms with E-state index >= 15 is 0 Å². The first kappa shape index (κ1) is 18.8. The third-order valence-corrected chi connectivity index (χ3v) is 5.44. The van der Waals surface area contributed by atoms with E-state index in [0.29, 0.717) is 12.1 Å². The third-order valence-electron chi connectivity index (χ3n) is 3.79. The van der Waals surface area contributed by atoms with Crippen LogP contribution in [0.25, 0.3) is 0 Å². The Bertz CT molecular complexity index is 651. The summed E-state index contributed by atoms with van der Waals surface area (Å²) in [5.74, 6) is 0.249. The molecule has 0 radical (unpaired) electrons. The molecule has 2 unspecified atom stereocenters. The Morgan fingerprint density at radius 2 is 2.09 bits per heavy atom. The van der Waals surface area contributed by atoms with Crippen molar-refractivity contribution in [2.75, 3.05) is 13.1 Å². The van der Waals surface area contributed by atoms with Gasteiger partial charge in [-0.05, 0) is 37.4 Å². The van der Waals surface area contributed by atoms with E-state index in [1.165, 1.54) is 18.2 Å². The van der Waals surface area contributed by atoms with Crippen LogP contribution in [0, 0.1) is 23.0 Å². The number of nitro benzene ring substituents is 1. The number of nitrogens with one attached hydrogen (secondary N) is 2. The van der Waals surface area contributed by atoms with Crippen LogP contribution >= 0.6 is 12.4 Å². The average Bonchev–Trinajstić information content (AvgIpc) is 2.40. The largest absolute Gasteiger partial charge is 0.315 e. The zero-order valence-corrected chi connectivity index (χ0v) is 14.0. The minimum absolute atomic E-state index is 0. The summed E-state index contributed by atoms with van der Waals surface area (Å²) in [5, 5.41) is 13.9. The molecule has 9 heteroatoms. The van der Waals surface area contributed by atoms with Crippen molar-refractivity contribution in [1.29, 1.82) is 0 Å². The third kappa shape index (κ3) is 4.16. The van der Waals surface area contributed by atoms with Gasteiger partial charge in [0.1, 0.15) is 0 Å². The van der Waals surface area contributed by atoms with Crippen LogP contribution in [0.15, 0.2) is 23.1 Å². The Morgan fingerprint density at radius 1 is 1.41 bits per heavy atom. The zero-order chi connectivity index (χ0) is 15.6. The molecule has 1 heterocycles. The molecule has 1 aliphatic rings. The highest BCUT2D eigenvalue weighted by atomic mass is 35.5. The summed E-state index contributed by atoms with van der Waals surface area (Å²) < 4.78 is 27.6. The molecule has 0 spiro atoms. The molecular weight excluding hydrogens is 330 g/mol. The molecule has 1 aromatic carbocycles. The number of nitrogens with zero attached hydrogens (tertiary/aromatic N) is 1. The quantitative estimate of drug-likeness (QED) is 0.635. The predicted molar refractivity (Wildman–Crippen MR) is 85.8 cm³/mol. The summed E-state index contributed by atoms with van der Waals surface area (Å²) in [6.45, 7) is 5.04. The van der Waals surface area contributed by atoms with Gasteiger partial charge in [0, 0.05) is 24.7 Å². The van der Waals surface area contributed by atoms with Gasteiger partial charge >= 0.3 is 0 Å². The number of non-ortho nitro benzene ring substituents is 1. The number of hydrogen-bond donors (Lipinski definition) is 2. The number of benzene rings is 1. The lowest BCUT2D eigenvalue weighted by Crippen LogP contribution is -2.50. The molecule has 0 aromatic heterocycles. The lowest BCUT2D eigenvalue weighted by Gasteiger charge is -2.30. The van der Waals surface area contributed by atoms with E-state index in [9.17, 15) is 18.5 Å². The molecule has 1 fully saturated rings. The second-order valence-electron chi connectivity index (χ2n) is 5.40. The number of aryl methyl sites for hydroxylation is 1. The fraction of sp³-hybridized carbons (Fsp3) is 0.538. The monoisotopic (exact) mass is 349 g/mol. The number of halogens is 1. The summed E-state index contributed by atoms with van der Waals surface area (Å²) >= 11 is 0. The lowest BCUT2D eigenvalue weighted by molar-refractivity contribution is -0.385. The molecular formula is C13H20ClN3O4S. The van der Waals surface area contributed by atoms with Crippen LogP contribution in [0.5, 0.6) is 0 Å². The van der Waals surface area contributed by atoms with Gasteiger partial charge in [0.25, 0.3) is 5.69 Å². The van der Waals surface area contributed by atoms with E-state index in [1.807, 2.05) is 6.92 Å². The summed E-state index contributed by atoms with van der Waals surface area (Å²) in [6.07, 6.45) is 0.909. The first-order valence-corrected chi connectivity index (χ1v) is 8.27. The fourth-order valence-electron chi connectivity index (χ4n) is 2.46. The zero-order valence-electron chi connectivity index (χ0n) is 12.4. The Morgan fingerprint density at radius 3 is 2.64 bits per heavy atom. The molecule has 1 aliphatic heterocycles. The van der Waals surface area contributed by atoms with E-state index in [2.05, 4.69) is 10.0 Å². The summed E-state index contributed by atoms with van der Waals surface area (Å²) in [4.78, 5) is 10.3. The second-order valence-corrected chi connectivity index (χ2v) is 7.09. The Hall–Kier alpha value is -1.22. The van der Waals surface area contributed by atoms with E-state index < -0.39 is 14.9 Å². The molecule has 0 saturated carbocycles. The van der Waals surface area contributed by atoms with Gasteiger partial charge in [-0.25, -0.2) is 13.1 Å². The molecule has 2 atom stereocenters. The predicted octanol–water partition coefficient (Wildman–Crippen LogP) is 1.60. The number of sulfonamides is 1. The van der Waals surface area contributed by atoms with Gasteiger partial charge in [-0.3, -0.25) is 10.1 Å². The van der Waals surface area contributed by atoms with Crippen LogP contribution in [0.1, 0.15) is 18.9 Å². The lowest BCUT2D eigenvalue weighted by atomic mass is 9.96. The highest BCUT2D eigenvalue weighted by Crippen LogP contribution is 2.22. The van der Waals surface area contributed by atoms with Gasteiger partial charge in [-0.15, -0.1) is 12.4 Å². The molecule has 7 nitrogen and oxygen atoms in total. The second kappa shape index (κ2) is 7.36. The highest BCUT2D eigenvalue weighted by molar-refractivity contribution is 7.89. The maximum atomic E-state index is 12.4. The number of rotatable bonds is 4. The van der Waals surface area contributed by atoms with Crippen molar-refractivity contribution in [3.05, 3.63) is 33.9 Å². The molecule has 0 bridgehead atoms. The number of piperidine rings is 1. The molecule has 1 saturated heterocycles. The number of nitro groups is 1. The van der Waals surface area contributed by atoms with Crippen molar-refractivity contribution in [1.82, 2.24) is 10.0 Å². The maximum Gasteiger partial charge on any atom is 0.269 e. The van der Waals surface area contributed by atoms with Crippen molar-refractivity contribution < 1.29 is 13.3 Å². The molecule has 2 rings (SSSR count). The van der Waals surface area contributed by atoms with Crippen LogP contribution in [-0.4, -0.2) is 32.5 Å². The SMILES string of the molecule is Cc1cc([N+](=O)[O-])ccc1S(=O)(=O)NC1CNCCC1C.Cl. The Kier molecular flexibility index (Phi) is 6.30. The van der Waals surface area contributed by atoms with Gasteiger partial charge in [0.2, 0.25) is 10.0 Å². The maximum absolute atomic E-state index is 12.4. The van der Waals surface area contributed by atoms with Crippen molar-refractivity contribution in [2.24, 2.45) is 5.92 Å². The Labute approximate surface area is 136 Å². The Balaban J connectivity index is 0.00000242.